The summed E-state index contributed by atoms with van der Waals surface area (Å²) in [7, 11) is 0. The van der Waals surface area contributed by atoms with E-state index in [4.69, 9.17) is 0 Å². The lowest BCUT2D eigenvalue weighted by atomic mass is 10.2. The zero-order valence-corrected chi connectivity index (χ0v) is 13.0. The highest BCUT2D eigenvalue weighted by Gasteiger charge is 2.10. The fourth-order valence-electron chi connectivity index (χ4n) is 2.04. The van der Waals surface area contributed by atoms with Gasteiger partial charge in [-0.15, -0.1) is 11.3 Å². The summed E-state index contributed by atoms with van der Waals surface area (Å²) in [6.07, 6.45) is 2.68. The summed E-state index contributed by atoms with van der Waals surface area (Å²) in [5, 5.41) is 9.57. The minimum Gasteiger partial charge on any atom is -0.351 e. The molecule has 0 fully saturated rings. The van der Waals surface area contributed by atoms with Crippen LogP contribution in [0.5, 0.6) is 0 Å². The van der Waals surface area contributed by atoms with Gasteiger partial charge in [-0.05, 0) is 30.7 Å². The van der Waals surface area contributed by atoms with Crippen molar-refractivity contribution in [1.82, 2.24) is 15.3 Å². The topological polar surface area (TPSA) is 66.9 Å². The van der Waals surface area contributed by atoms with Gasteiger partial charge in [0.05, 0.1) is 5.52 Å². The molecular formula is C16H16N4OS. The van der Waals surface area contributed by atoms with Crippen LogP contribution < -0.4 is 10.6 Å². The van der Waals surface area contributed by atoms with E-state index in [2.05, 4.69) is 20.6 Å². The summed E-state index contributed by atoms with van der Waals surface area (Å²) in [5.74, 6) is -0.131. The molecule has 2 aromatic heterocycles. The first-order valence-electron chi connectivity index (χ1n) is 7.12. The van der Waals surface area contributed by atoms with Crippen LogP contribution in [-0.2, 0) is 0 Å². The number of nitrogens with zero attached hydrogens (tertiary/aromatic N) is 2. The molecule has 3 rings (SSSR count). The van der Waals surface area contributed by atoms with Gasteiger partial charge in [0.15, 0.2) is 5.13 Å². The number of amides is 1. The number of hydrogen-bond donors (Lipinski definition) is 2. The first-order chi connectivity index (χ1) is 10.8. The molecule has 5 nitrogen and oxygen atoms in total. The Labute approximate surface area is 132 Å². The second-order valence-corrected chi connectivity index (χ2v) is 5.69. The molecule has 0 aliphatic carbocycles. The molecule has 2 heterocycles. The summed E-state index contributed by atoms with van der Waals surface area (Å²) in [6.45, 7) is 2.68. The highest BCUT2D eigenvalue weighted by molar-refractivity contribution is 7.14. The predicted molar refractivity (Wildman–Crippen MR) is 89.8 cm³/mol. The van der Waals surface area contributed by atoms with Crippen molar-refractivity contribution < 1.29 is 4.79 Å². The first kappa shape index (κ1) is 14.5. The van der Waals surface area contributed by atoms with Crippen molar-refractivity contribution in [2.24, 2.45) is 0 Å². The molecule has 2 N–H and O–H groups in total. The fraction of sp³-hybridized carbons (Fsp3) is 0.188. The lowest BCUT2D eigenvalue weighted by Crippen LogP contribution is -2.24. The number of fused-ring (bicyclic) bond motifs is 1. The fourth-order valence-corrected chi connectivity index (χ4v) is 2.75. The SMILES string of the molecule is CCCNC(=O)c1csc(Nc2ccc3ncccc3c2)n1. The third kappa shape index (κ3) is 3.23. The van der Waals surface area contributed by atoms with Gasteiger partial charge in [-0.3, -0.25) is 9.78 Å². The molecule has 6 heteroatoms. The number of carbonyl (C=O) groups excluding carboxylic acids is 1. The number of anilines is 2. The molecule has 0 saturated heterocycles. The summed E-state index contributed by atoms with van der Waals surface area (Å²) in [4.78, 5) is 20.5. The van der Waals surface area contributed by atoms with Crippen molar-refractivity contribution in [3.05, 3.63) is 47.6 Å². The molecule has 0 atom stereocenters. The van der Waals surface area contributed by atoms with E-state index in [1.807, 2.05) is 37.3 Å². The molecule has 0 saturated carbocycles. The van der Waals surface area contributed by atoms with Crippen LogP contribution in [0.1, 0.15) is 23.8 Å². The maximum Gasteiger partial charge on any atom is 0.270 e. The molecule has 1 aromatic carbocycles. The van der Waals surface area contributed by atoms with Crippen LogP contribution in [0.25, 0.3) is 10.9 Å². The average molecular weight is 312 g/mol. The van der Waals surface area contributed by atoms with E-state index in [-0.39, 0.29) is 5.91 Å². The number of aromatic nitrogens is 2. The lowest BCUT2D eigenvalue weighted by molar-refractivity contribution is 0.0949. The number of rotatable bonds is 5. The van der Waals surface area contributed by atoms with E-state index >= 15 is 0 Å². The van der Waals surface area contributed by atoms with Crippen LogP contribution in [0.2, 0.25) is 0 Å². The Morgan fingerprint density at radius 1 is 1.32 bits per heavy atom. The molecule has 112 valence electrons. The third-order valence-electron chi connectivity index (χ3n) is 3.13. The van der Waals surface area contributed by atoms with Crippen molar-refractivity contribution in [3.8, 4) is 0 Å². The van der Waals surface area contributed by atoms with E-state index < -0.39 is 0 Å². The second-order valence-electron chi connectivity index (χ2n) is 4.83. The molecule has 0 aliphatic heterocycles. The van der Waals surface area contributed by atoms with Crippen LogP contribution in [-0.4, -0.2) is 22.4 Å². The minimum atomic E-state index is -0.131. The maximum atomic E-state index is 11.8. The molecule has 0 bridgehead atoms. The van der Waals surface area contributed by atoms with E-state index in [0.29, 0.717) is 17.4 Å². The number of carbonyl (C=O) groups is 1. The highest BCUT2D eigenvalue weighted by atomic mass is 32.1. The number of hydrogen-bond acceptors (Lipinski definition) is 5. The van der Waals surface area contributed by atoms with Gasteiger partial charge in [0.2, 0.25) is 0 Å². The van der Waals surface area contributed by atoms with Gasteiger partial charge in [0, 0.05) is 29.2 Å². The van der Waals surface area contributed by atoms with E-state index in [9.17, 15) is 4.79 Å². The molecule has 0 aliphatic rings. The Morgan fingerprint density at radius 2 is 2.23 bits per heavy atom. The number of pyridine rings is 1. The third-order valence-corrected chi connectivity index (χ3v) is 3.88. The second kappa shape index (κ2) is 6.53. The van der Waals surface area contributed by atoms with E-state index in [0.717, 1.165) is 23.0 Å². The Morgan fingerprint density at radius 3 is 3.09 bits per heavy atom. The zero-order chi connectivity index (χ0) is 15.4. The summed E-state index contributed by atoms with van der Waals surface area (Å²) >= 11 is 1.41. The van der Waals surface area contributed by atoms with Crippen molar-refractivity contribution in [2.45, 2.75) is 13.3 Å². The van der Waals surface area contributed by atoms with Crippen LogP contribution in [0.15, 0.2) is 41.9 Å². The Balaban J connectivity index is 1.74. The van der Waals surface area contributed by atoms with Crippen LogP contribution in [0.4, 0.5) is 10.8 Å². The standard InChI is InChI=1S/C16H16N4OS/c1-2-7-18-15(21)14-10-22-16(20-14)19-12-5-6-13-11(9-12)4-3-8-17-13/h3-6,8-10H,2,7H2,1H3,(H,18,21)(H,19,20). The molecule has 0 spiro atoms. The summed E-state index contributed by atoms with van der Waals surface area (Å²) in [6, 6.07) is 9.85. The van der Waals surface area contributed by atoms with Gasteiger partial charge < -0.3 is 10.6 Å². The van der Waals surface area contributed by atoms with Crippen LogP contribution >= 0.6 is 11.3 Å². The van der Waals surface area contributed by atoms with Gasteiger partial charge >= 0.3 is 0 Å². The molecule has 1 amide bonds. The van der Waals surface area contributed by atoms with Crippen LogP contribution in [0, 0.1) is 0 Å². The van der Waals surface area contributed by atoms with Gasteiger partial charge in [-0.1, -0.05) is 13.0 Å². The monoisotopic (exact) mass is 312 g/mol. The lowest BCUT2D eigenvalue weighted by Gasteiger charge is -2.04. The van der Waals surface area contributed by atoms with Crippen molar-refractivity contribution >= 4 is 39.0 Å². The largest absolute Gasteiger partial charge is 0.351 e. The number of thiazole rings is 1. The Bertz CT molecular complexity index is 799. The highest BCUT2D eigenvalue weighted by Crippen LogP contribution is 2.23. The van der Waals surface area contributed by atoms with Crippen molar-refractivity contribution in [1.29, 1.82) is 0 Å². The van der Waals surface area contributed by atoms with Gasteiger partial charge in [-0.25, -0.2) is 4.98 Å². The quantitative estimate of drug-likeness (QED) is 0.756. The maximum absolute atomic E-state index is 11.8. The van der Waals surface area contributed by atoms with E-state index in [1.165, 1.54) is 11.3 Å². The van der Waals surface area contributed by atoms with Crippen LogP contribution in [0.3, 0.4) is 0 Å². The smallest absolute Gasteiger partial charge is 0.270 e. The normalized spacial score (nSPS) is 10.6. The van der Waals surface area contributed by atoms with Gasteiger partial charge in [0.25, 0.3) is 5.91 Å². The molecule has 3 aromatic rings. The van der Waals surface area contributed by atoms with Crippen molar-refractivity contribution in [3.63, 3.8) is 0 Å². The number of nitrogens with one attached hydrogen (secondary N) is 2. The Hall–Kier alpha value is -2.47. The number of benzene rings is 1. The predicted octanol–water partition coefficient (Wildman–Crippen LogP) is 3.57. The zero-order valence-electron chi connectivity index (χ0n) is 12.2. The molecular weight excluding hydrogens is 296 g/mol. The Kier molecular flexibility index (Phi) is 4.29. The van der Waals surface area contributed by atoms with Gasteiger partial charge in [0.1, 0.15) is 5.69 Å². The van der Waals surface area contributed by atoms with E-state index in [1.54, 1.807) is 11.6 Å². The molecule has 22 heavy (non-hydrogen) atoms. The molecule has 0 unspecified atom stereocenters. The molecule has 0 radical (unpaired) electrons. The first-order valence-corrected chi connectivity index (χ1v) is 8.00. The average Bonchev–Trinajstić information content (AvgIpc) is 3.01. The summed E-state index contributed by atoms with van der Waals surface area (Å²) in [5.41, 5.74) is 2.32. The minimum absolute atomic E-state index is 0.131. The van der Waals surface area contributed by atoms with Crippen molar-refractivity contribution in [2.75, 3.05) is 11.9 Å². The summed E-state index contributed by atoms with van der Waals surface area (Å²) < 4.78 is 0. The van der Waals surface area contributed by atoms with Gasteiger partial charge in [-0.2, -0.15) is 0 Å².